The minimum Gasteiger partial charge on any atom is -0.418 e. The summed E-state index contributed by atoms with van der Waals surface area (Å²) < 4.78 is 41.7. The summed E-state index contributed by atoms with van der Waals surface area (Å²) in [6, 6.07) is 27.0. The number of unbranched alkanes of at least 4 members (excludes halogenated alkanes) is 42. The molecule has 4 aromatic rings. The zero-order valence-electron chi connectivity index (χ0n) is 67.6. The third kappa shape index (κ3) is 40.4. The van der Waals surface area contributed by atoms with E-state index in [4.69, 9.17) is 27.1 Å². The van der Waals surface area contributed by atoms with Crippen molar-refractivity contribution in [3.63, 3.8) is 0 Å². The summed E-state index contributed by atoms with van der Waals surface area (Å²) in [6.07, 6.45) is 65.4. The smallest absolute Gasteiger partial charge is 0.418 e. The highest BCUT2D eigenvalue weighted by Crippen LogP contribution is 2.50. The highest BCUT2D eigenvalue weighted by Gasteiger charge is 2.31. The first-order valence-corrected chi connectivity index (χ1v) is 44.9. The molecule has 8 heteroatoms. The highest BCUT2D eigenvalue weighted by atomic mass is 31.2. The molecule has 0 saturated heterocycles. The van der Waals surface area contributed by atoms with Gasteiger partial charge in [-0.3, -0.25) is 9.05 Å². The van der Waals surface area contributed by atoms with Crippen molar-refractivity contribution in [2.45, 2.75) is 428 Å². The normalized spacial score (nSPS) is 12.9. The third-order valence-corrected chi connectivity index (χ3v) is 22.9. The molecule has 0 amide bonds. The largest absolute Gasteiger partial charge is 0.463 e. The Kier molecular flexibility index (Phi) is 50.2. The monoisotopic (exact) mass is 1420 g/mol. The van der Waals surface area contributed by atoms with E-state index in [-0.39, 0.29) is 16.7 Å². The van der Waals surface area contributed by atoms with Gasteiger partial charge in [-0.1, -0.05) is 389 Å². The molecule has 6 nitrogen and oxygen atoms in total. The molecule has 0 aliphatic carbocycles. The molecule has 0 aliphatic heterocycles. The van der Waals surface area contributed by atoms with Crippen molar-refractivity contribution in [3.8, 4) is 23.0 Å². The van der Waals surface area contributed by atoms with Gasteiger partial charge in [0.2, 0.25) is 0 Å². The Morgan fingerprint density at radius 1 is 0.300 bits per heavy atom. The van der Waals surface area contributed by atoms with Gasteiger partial charge in [-0.25, -0.2) is 0 Å². The Hall–Kier alpha value is -3.14. The SMILES string of the molecule is CCCCCCCCCCCCCCCCCCOP(Oc1cccc(CCCCCCCCC)c1)Oc1cc(C)c(C(CCC)c2cc(C(C)(C)C)c(OP(OCCCCCCCCCCCCCCCCCC)Oc3cccc(CCCCCCCCC)c3)cc2C)cc1C(C)(C)C. The van der Waals surface area contributed by atoms with Gasteiger partial charge in [0, 0.05) is 17.0 Å². The van der Waals surface area contributed by atoms with Crippen molar-refractivity contribution < 1.29 is 27.1 Å². The van der Waals surface area contributed by atoms with Crippen LogP contribution in [-0.2, 0) is 32.7 Å². The second-order valence-electron chi connectivity index (χ2n) is 32.4. The van der Waals surface area contributed by atoms with Crippen LogP contribution in [0.15, 0.2) is 72.8 Å². The average molecular weight is 1420 g/mol. The van der Waals surface area contributed by atoms with E-state index in [9.17, 15) is 0 Å². The minimum atomic E-state index is -1.75. The molecule has 0 spiro atoms. The maximum absolute atomic E-state index is 7.17. The Balaban J connectivity index is 1.54. The van der Waals surface area contributed by atoms with E-state index in [0.29, 0.717) is 13.2 Å². The zero-order chi connectivity index (χ0) is 72.2. The fourth-order valence-electron chi connectivity index (χ4n) is 14.4. The first kappa shape index (κ1) is 89.3. The van der Waals surface area contributed by atoms with Crippen LogP contribution in [0.4, 0.5) is 0 Å². The molecule has 2 atom stereocenters. The molecule has 0 fully saturated rings. The standard InChI is InChI=1S/C92H156O6P2/c1-14-19-23-27-31-33-35-37-39-41-43-45-47-51-55-59-70-93-99(95-82-68-61-66-80(74-82)64-57-53-49-29-25-21-16-3)97-89-72-78(6)85(76-87(89)91(8,9)10)84(63-18-5)86-77-88(92(11,12)13)90(73-79(86)7)98-100(96-83-69-62-67-81(75-83)65-58-54-50-30-26-22-17-4)94-71-60-56-52-48-46-44-42-40-38-36-34-32-28-24-20-15-2/h61-62,66-69,72-77,84H,14-60,63-65,70-71H2,1-13H3. The Morgan fingerprint density at radius 2 is 0.570 bits per heavy atom. The lowest BCUT2D eigenvalue weighted by Crippen LogP contribution is -2.17. The molecule has 0 saturated carbocycles. The second kappa shape index (κ2) is 56.2. The summed E-state index contributed by atoms with van der Waals surface area (Å²) in [7, 11) is -3.50. The van der Waals surface area contributed by atoms with Gasteiger partial charge in [0.25, 0.3) is 0 Å². The van der Waals surface area contributed by atoms with Crippen molar-refractivity contribution in [1.82, 2.24) is 0 Å². The van der Waals surface area contributed by atoms with E-state index in [0.717, 1.165) is 74.4 Å². The van der Waals surface area contributed by atoms with Crippen molar-refractivity contribution in [2.75, 3.05) is 13.2 Å². The first-order chi connectivity index (χ1) is 48.6. The lowest BCUT2D eigenvalue weighted by atomic mass is 9.76. The lowest BCUT2D eigenvalue weighted by Gasteiger charge is -2.31. The van der Waals surface area contributed by atoms with Crippen molar-refractivity contribution in [1.29, 1.82) is 0 Å². The Morgan fingerprint density at radius 3 is 0.840 bits per heavy atom. The summed E-state index contributed by atoms with van der Waals surface area (Å²) in [4.78, 5) is 0. The quantitative estimate of drug-likeness (QED) is 0.0324. The summed E-state index contributed by atoms with van der Waals surface area (Å²) >= 11 is 0. The molecule has 0 heterocycles. The fraction of sp³-hybridized carbons (Fsp3) is 0.739. The number of hydrogen-bond donors (Lipinski definition) is 0. The Labute approximate surface area is 622 Å². The van der Waals surface area contributed by atoms with E-state index >= 15 is 0 Å². The van der Waals surface area contributed by atoms with Crippen LogP contribution >= 0.6 is 17.2 Å². The van der Waals surface area contributed by atoms with Gasteiger partial charge in [-0.05, 0) is 139 Å². The van der Waals surface area contributed by atoms with Gasteiger partial charge >= 0.3 is 17.2 Å². The minimum absolute atomic E-state index is 0.154. The van der Waals surface area contributed by atoms with Crippen molar-refractivity contribution >= 4 is 17.2 Å². The molecule has 0 aliphatic rings. The molecule has 4 aromatic carbocycles. The van der Waals surface area contributed by atoms with Gasteiger partial charge < -0.3 is 18.1 Å². The van der Waals surface area contributed by atoms with Gasteiger partial charge in [-0.2, -0.15) is 0 Å². The van der Waals surface area contributed by atoms with Gasteiger partial charge in [-0.15, -0.1) is 0 Å². The molecule has 0 aromatic heterocycles. The van der Waals surface area contributed by atoms with Crippen LogP contribution in [-0.4, -0.2) is 13.2 Å². The van der Waals surface area contributed by atoms with Crippen LogP contribution in [0, 0.1) is 13.8 Å². The Bertz CT molecular complexity index is 2440. The highest BCUT2D eigenvalue weighted by molar-refractivity contribution is 7.42. The second-order valence-corrected chi connectivity index (χ2v) is 34.5. The van der Waals surface area contributed by atoms with E-state index in [1.165, 1.54) is 314 Å². The van der Waals surface area contributed by atoms with Crippen LogP contribution < -0.4 is 18.1 Å². The van der Waals surface area contributed by atoms with E-state index in [1.54, 1.807) is 0 Å². The molecule has 0 bridgehead atoms. The maximum atomic E-state index is 7.17. The van der Waals surface area contributed by atoms with Crippen LogP contribution in [0.5, 0.6) is 23.0 Å². The molecule has 0 N–H and O–H groups in total. The molecule has 0 radical (unpaired) electrons. The molecule has 2 unspecified atom stereocenters. The van der Waals surface area contributed by atoms with Gasteiger partial charge in [0.05, 0.1) is 13.2 Å². The van der Waals surface area contributed by atoms with Crippen LogP contribution in [0.1, 0.15) is 435 Å². The van der Waals surface area contributed by atoms with Crippen LogP contribution in [0.25, 0.3) is 0 Å². The summed E-state index contributed by atoms with van der Waals surface area (Å²) in [5.74, 6) is 3.52. The van der Waals surface area contributed by atoms with E-state index < -0.39 is 17.2 Å². The fourth-order valence-corrected chi connectivity index (χ4v) is 16.4. The number of benzene rings is 4. The van der Waals surface area contributed by atoms with E-state index in [2.05, 4.69) is 163 Å². The number of aryl methyl sites for hydroxylation is 4. The summed E-state index contributed by atoms with van der Waals surface area (Å²) in [5.41, 5.74) is 9.67. The van der Waals surface area contributed by atoms with E-state index in [1.807, 2.05) is 0 Å². The molecular weight excluding hydrogens is 1260 g/mol. The third-order valence-electron chi connectivity index (χ3n) is 20.7. The van der Waals surface area contributed by atoms with Crippen LogP contribution in [0.2, 0.25) is 0 Å². The molecular formula is C92H156O6P2. The van der Waals surface area contributed by atoms with Crippen molar-refractivity contribution in [2.24, 2.45) is 0 Å². The molecule has 100 heavy (non-hydrogen) atoms. The van der Waals surface area contributed by atoms with Gasteiger partial charge in [0.15, 0.2) is 0 Å². The van der Waals surface area contributed by atoms with Crippen LogP contribution in [0.3, 0.4) is 0 Å². The van der Waals surface area contributed by atoms with Gasteiger partial charge in [0.1, 0.15) is 23.0 Å². The number of rotatable bonds is 64. The maximum Gasteiger partial charge on any atom is 0.463 e. The molecule has 4 rings (SSSR count). The van der Waals surface area contributed by atoms with Crippen molar-refractivity contribution in [3.05, 3.63) is 117 Å². The summed E-state index contributed by atoms with van der Waals surface area (Å²) in [5, 5.41) is 0. The number of hydrogen-bond acceptors (Lipinski definition) is 6. The lowest BCUT2D eigenvalue weighted by molar-refractivity contribution is 0.256. The topological polar surface area (TPSA) is 55.4 Å². The zero-order valence-corrected chi connectivity index (χ0v) is 69.4. The summed E-state index contributed by atoms with van der Waals surface area (Å²) in [6.45, 7) is 31.3. The average Bonchev–Trinajstić information content (AvgIpc) is 0.767. The predicted octanol–water partition coefficient (Wildman–Crippen LogP) is 32.3. The predicted molar refractivity (Wildman–Crippen MR) is 440 cm³/mol. The first-order valence-electron chi connectivity index (χ1n) is 42.7. The molecule has 570 valence electrons.